The van der Waals surface area contributed by atoms with E-state index in [1.165, 1.54) is 57.7 Å². The largest absolute Gasteiger partial charge is 0.508 e. The Balaban J connectivity index is 1.43. The maximum Gasteiger partial charge on any atom is 0.331 e. The third-order valence-electron chi connectivity index (χ3n) is 7.90. The summed E-state index contributed by atoms with van der Waals surface area (Å²) in [5, 5.41) is 72.5. The van der Waals surface area contributed by atoms with E-state index in [0.717, 1.165) is 12.1 Å². The van der Waals surface area contributed by atoms with Gasteiger partial charge in [0.15, 0.2) is 34.9 Å². The van der Waals surface area contributed by atoms with Crippen molar-refractivity contribution in [2.75, 3.05) is 27.9 Å². The van der Waals surface area contributed by atoms with Crippen molar-refractivity contribution in [3.8, 4) is 51.7 Å². The molecule has 1 unspecified atom stereocenters. The number of phenols is 4. The Morgan fingerprint density at radius 2 is 1.61 bits per heavy atom. The fourth-order valence-electron chi connectivity index (χ4n) is 5.46. The number of carbonyl (C=O) groups excluding carboxylic acids is 2. The number of Topliss-reactive ketones (excluding diaryl/α,β-unsaturated/α-hetero) is 1. The first-order valence-corrected chi connectivity index (χ1v) is 14.7. The van der Waals surface area contributed by atoms with Crippen molar-refractivity contribution in [3.05, 3.63) is 59.2 Å². The summed E-state index contributed by atoms with van der Waals surface area (Å²) in [6, 6.07) is 7.68. The Labute approximate surface area is 278 Å². The minimum atomic E-state index is -1.82. The van der Waals surface area contributed by atoms with Crippen molar-refractivity contribution in [3.63, 3.8) is 0 Å². The SMILES string of the molecule is COc1cc(/C=C/C(=O)O[C@H]2[C@H](Oc3ccc(O)cc3C3CC(=O)c4c(cc(O)c(OC)c4O)O3)O[C@H](CO)[C@@H](O)[C@@H]2O)cc(OC)c1O. The van der Waals surface area contributed by atoms with Crippen LogP contribution in [0.3, 0.4) is 0 Å². The number of benzene rings is 3. The van der Waals surface area contributed by atoms with E-state index in [1.807, 2.05) is 0 Å². The van der Waals surface area contributed by atoms with E-state index >= 15 is 0 Å². The molecule has 3 aromatic carbocycles. The lowest BCUT2D eigenvalue weighted by Crippen LogP contribution is -2.61. The Kier molecular flexibility index (Phi) is 10.2. The molecule has 49 heavy (non-hydrogen) atoms. The summed E-state index contributed by atoms with van der Waals surface area (Å²) < 4.78 is 38.3. The van der Waals surface area contributed by atoms with Crippen LogP contribution in [0, 0.1) is 0 Å². The van der Waals surface area contributed by atoms with Gasteiger partial charge in [-0.15, -0.1) is 0 Å². The number of ether oxygens (including phenoxy) is 7. The van der Waals surface area contributed by atoms with Crippen LogP contribution >= 0.6 is 0 Å². The molecule has 6 atom stereocenters. The summed E-state index contributed by atoms with van der Waals surface area (Å²) >= 11 is 0. The molecule has 0 amide bonds. The van der Waals surface area contributed by atoms with Gasteiger partial charge in [0.1, 0.15) is 47.2 Å². The lowest BCUT2D eigenvalue weighted by Gasteiger charge is -2.41. The molecule has 0 spiro atoms. The smallest absolute Gasteiger partial charge is 0.331 e. The highest BCUT2D eigenvalue weighted by molar-refractivity contribution is 6.03. The molecule has 2 heterocycles. The minimum Gasteiger partial charge on any atom is -0.508 e. The molecule has 2 aliphatic heterocycles. The molecular formula is C33H34O16. The highest BCUT2D eigenvalue weighted by Gasteiger charge is 2.48. The summed E-state index contributed by atoms with van der Waals surface area (Å²) in [5.74, 6) is -3.66. The third kappa shape index (κ3) is 6.93. The molecule has 1 saturated heterocycles. The molecule has 7 N–H and O–H groups in total. The second kappa shape index (κ2) is 14.4. The van der Waals surface area contributed by atoms with Crippen LogP contribution in [0.2, 0.25) is 0 Å². The van der Waals surface area contributed by atoms with Crippen LogP contribution in [0.5, 0.6) is 51.7 Å². The number of aromatic hydroxyl groups is 4. The minimum absolute atomic E-state index is 0.0697. The first-order valence-electron chi connectivity index (χ1n) is 14.7. The van der Waals surface area contributed by atoms with E-state index in [0.29, 0.717) is 5.56 Å². The maximum atomic E-state index is 13.2. The van der Waals surface area contributed by atoms with Gasteiger partial charge in [-0.3, -0.25) is 4.79 Å². The third-order valence-corrected chi connectivity index (χ3v) is 7.90. The van der Waals surface area contributed by atoms with Crippen LogP contribution in [-0.4, -0.2) is 106 Å². The summed E-state index contributed by atoms with van der Waals surface area (Å²) in [6.07, 6.45) is -7.45. The predicted molar refractivity (Wildman–Crippen MR) is 165 cm³/mol. The lowest BCUT2D eigenvalue weighted by molar-refractivity contribution is -0.281. The second-order valence-electron chi connectivity index (χ2n) is 10.9. The van der Waals surface area contributed by atoms with Crippen LogP contribution in [0.25, 0.3) is 6.08 Å². The highest BCUT2D eigenvalue weighted by Crippen LogP contribution is 2.49. The number of aliphatic hydroxyl groups excluding tert-OH is 3. The predicted octanol–water partition coefficient (Wildman–Crippen LogP) is 1.68. The second-order valence-corrected chi connectivity index (χ2v) is 10.9. The molecule has 0 radical (unpaired) electrons. The molecule has 0 aliphatic carbocycles. The number of fused-ring (bicyclic) bond motifs is 1. The van der Waals surface area contributed by atoms with Gasteiger partial charge in [-0.1, -0.05) is 0 Å². The zero-order valence-electron chi connectivity index (χ0n) is 26.3. The standard InChI is InChI=1S/C33H34O16/c1-43-22-8-14(9-23(44-2)27(22)39)4-7-25(38)49-32-30(42)28(40)24(13-34)48-33(32)47-19-6-5-15(35)10-16(19)20-11-17(36)26-21(46-20)12-18(37)31(45-3)29(26)41/h4-10,12,20,24,28,30,32-35,37,39-42H,11,13H2,1-3H3/b7-4+/t20?,24-,28-,30+,32-,33-/m1/s1. The van der Waals surface area contributed by atoms with E-state index in [9.17, 15) is 45.3 Å². The number of rotatable bonds is 10. The van der Waals surface area contributed by atoms with E-state index < -0.39 is 66.7 Å². The summed E-state index contributed by atoms with van der Waals surface area (Å²) in [4.78, 5) is 26.1. The number of phenolic OH excluding ortho intramolecular Hbond substituents is 4. The van der Waals surface area contributed by atoms with Crippen molar-refractivity contribution < 1.29 is 78.5 Å². The fourth-order valence-corrected chi connectivity index (χ4v) is 5.46. The van der Waals surface area contributed by atoms with Gasteiger partial charge in [0, 0.05) is 17.7 Å². The van der Waals surface area contributed by atoms with Gasteiger partial charge < -0.3 is 68.9 Å². The Hall–Kier alpha value is -5.42. The fraction of sp³-hybridized carbons (Fsp3) is 0.333. The number of hydrogen-bond acceptors (Lipinski definition) is 16. The van der Waals surface area contributed by atoms with Gasteiger partial charge in [0.25, 0.3) is 0 Å². The topological polar surface area (TPSA) is 240 Å². The summed E-state index contributed by atoms with van der Waals surface area (Å²) in [7, 11) is 3.86. The van der Waals surface area contributed by atoms with Crippen molar-refractivity contribution in [1.82, 2.24) is 0 Å². The lowest BCUT2D eigenvalue weighted by atomic mass is 9.94. The van der Waals surface area contributed by atoms with Crippen LogP contribution < -0.4 is 23.7 Å². The first-order chi connectivity index (χ1) is 23.4. The van der Waals surface area contributed by atoms with Gasteiger partial charge in [-0.05, 0) is 42.0 Å². The Bertz CT molecular complexity index is 1730. The van der Waals surface area contributed by atoms with Crippen molar-refractivity contribution >= 4 is 17.8 Å². The number of methoxy groups -OCH3 is 3. The van der Waals surface area contributed by atoms with Crippen molar-refractivity contribution in [2.45, 2.75) is 43.2 Å². The number of esters is 1. The quantitative estimate of drug-likeness (QED) is 0.119. The van der Waals surface area contributed by atoms with E-state index in [1.54, 1.807) is 0 Å². The average molecular weight is 687 g/mol. The van der Waals surface area contributed by atoms with Gasteiger partial charge in [0.2, 0.25) is 17.8 Å². The van der Waals surface area contributed by atoms with E-state index in [-0.39, 0.29) is 57.8 Å². The van der Waals surface area contributed by atoms with Gasteiger partial charge in [0.05, 0.1) is 34.4 Å². The Morgan fingerprint density at radius 1 is 0.918 bits per heavy atom. The molecule has 0 saturated carbocycles. The molecule has 5 rings (SSSR count). The molecule has 3 aromatic rings. The maximum absolute atomic E-state index is 13.2. The molecule has 16 heteroatoms. The van der Waals surface area contributed by atoms with Crippen LogP contribution in [0.4, 0.5) is 0 Å². The molecule has 262 valence electrons. The van der Waals surface area contributed by atoms with Gasteiger partial charge >= 0.3 is 5.97 Å². The highest BCUT2D eigenvalue weighted by atomic mass is 16.7. The van der Waals surface area contributed by atoms with Crippen molar-refractivity contribution in [1.29, 1.82) is 0 Å². The molecule has 0 bridgehead atoms. The molecule has 1 fully saturated rings. The van der Waals surface area contributed by atoms with E-state index in [2.05, 4.69) is 0 Å². The summed E-state index contributed by atoms with van der Waals surface area (Å²) in [6.45, 7) is -0.751. The number of hydrogen-bond donors (Lipinski definition) is 7. The molecule has 0 aromatic heterocycles. The van der Waals surface area contributed by atoms with Crippen molar-refractivity contribution in [2.24, 2.45) is 0 Å². The summed E-state index contributed by atoms with van der Waals surface area (Å²) in [5.41, 5.74) is 0.226. The number of carbonyl (C=O) groups is 2. The van der Waals surface area contributed by atoms with E-state index in [4.69, 9.17) is 33.2 Å². The first kappa shape index (κ1) is 34.9. The Morgan fingerprint density at radius 3 is 2.24 bits per heavy atom. The van der Waals surface area contributed by atoms with Crippen LogP contribution in [0.1, 0.15) is 34.0 Å². The van der Waals surface area contributed by atoms with Gasteiger partial charge in [-0.25, -0.2) is 4.79 Å². The van der Waals surface area contributed by atoms with Gasteiger partial charge in [-0.2, -0.15) is 0 Å². The van der Waals surface area contributed by atoms with Crippen LogP contribution in [-0.2, 0) is 14.3 Å². The molecular weight excluding hydrogens is 652 g/mol. The zero-order valence-corrected chi connectivity index (χ0v) is 26.3. The average Bonchev–Trinajstić information content (AvgIpc) is 3.07. The monoisotopic (exact) mass is 686 g/mol. The molecule has 16 nitrogen and oxygen atoms in total. The number of ketones is 1. The molecule has 2 aliphatic rings. The zero-order chi connectivity index (χ0) is 35.6. The van der Waals surface area contributed by atoms with Crippen LogP contribution in [0.15, 0.2) is 42.5 Å². The number of aliphatic hydroxyl groups is 3. The normalized spacial score (nSPS) is 23.3.